The van der Waals surface area contributed by atoms with E-state index in [1.807, 2.05) is 7.05 Å². The van der Waals surface area contributed by atoms with E-state index >= 15 is 0 Å². The van der Waals surface area contributed by atoms with E-state index in [0.717, 1.165) is 6.42 Å². The summed E-state index contributed by atoms with van der Waals surface area (Å²) in [6.07, 6.45) is 5.95. The molecule has 24 heavy (non-hydrogen) atoms. The van der Waals surface area contributed by atoms with Crippen molar-refractivity contribution in [2.75, 3.05) is 13.6 Å². The average Bonchev–Trinajstić information content (AvgIpc) is 2.56. The monoisotopic (exact) mass is 336 g/mol. The van der Waals surface area contributed by atoms with Gasteiger partial charge in [-0.3, -0.25) is 10.1 Å². The lowest BCUT2D eigenvalue weighted by Crippen LogP contribution is -2.32. The van der Waals surface area contributed by atoms with Crippen molar-refractivity contribution < 1.29 is 19.2 Å². The number of nitro benzene ring substituents is 1. The molecule has 0 bridgehead atoms. The number of non-ortho nitro benzene ring substituents is 1. The minimum atomic E-state index is -0.778. The maximum Gasteiger partial charge on any atom is 0.514 e. The fourth-order valence-electron chi connectivity index (χ4n) is 3.09. The molecule has 0 saturated heterocycles. The number of hydrogen-bond donors (Lipinski definition) is 1. The molecular weight excluding hydrogens is 312 g/mol. The smallest absolute Gasteiger partial charge is 0.429 e. The van der Waals surface area contributed by atoms with Crippen LogP contribution in [-0.2, 0) is 4.74 Å². The minimum Gasteiger partial charge on any atom is -0.429 e. The van der Waals surface area contributed by atoms with Crippen molar-refractivity contribution in [3.05, 3.63) is 34.4 Å². The van der Waals surface area contributed by atoms with Crippen LogP contribution in [0.3, 0.4) is 0 Å². The Kier molecular flexibility index (Phi) is 6.99. The molecule has 0 radical (unpaired) electrons. The first-order valence-electron chi connectivity index (χ1n) is 8.36. The van der Waals surface area contributed by atoms with Crippen molar-refractivity contribution in [2.45, 2.75) is 44.6 Å². The van der Waals surface area contributed by atoms with E-state index < -0.39 is 11.1 Å². The molecule has 0 heterocycles. The van der Waals surface area contributed by atoms with Gasteiger partial charge in [-0.2, -0.15) is 0 Å². The molecule has 1 aromatic rings. The highest BCUT2D eigenvalue weighted by molar-refractivity contribution is 5.64. The van der Waals surface area contributed by atoms with Crippen molar-refractivity contribution in [2.24, 2.45) is 5.92 Å². The van der Waals surface area contributed by atoms with Crippen LogP contribution in [-0.4, -0.2) is 30.8 Å². The van der Waals surface area contributed by atoms with Gasteiger partial charge in [-0.15, -0.1) is 0 Å². The van der Waals surface area contributed by atoms with Crippen LogP contribution in [0.25, 0.3) is 0 Å². The van der Waals surface area contributed by atoms with Crippen LogP contribution in [0, 0.1) is 16.0 Å². The first-order valence-corrected chi connectivity index (χ1v) is 8.36. The van der Waals surface area contributed by atoms with Gasteiger partial charge in [-0.25, -0.2) is 4.79 Å². The van der Waals surface area contributed by atoms with Gasteiger partial charge in [0.2, 0.25) is 0 Å². The van der Waals surface area contributed by atoms with Crippen molar-refractivity contribution in [1.29, 1.82) is 0 Å². The van der Waals surface area contributed by atoms with Gasteiger partial charge in [0.25, 0.3) is 5.69 Å². The SMILES string of the molecule is CNCC(CC1CCCCC1)OC(=O)Oc1ccc([N+](=O)[O-])cc1. The zero-order valence-corrected chi connectivity index (χ0v) is 13.9. The molecule has 0 aromatic heterocycles. The molecule has 7 nitrogen and oxygen atoms in total. The van der Waals surface area contributed by atoms with Crippen LogP contribution in [0.4, 0.5) is 10.5 Å². The summed E-state index contributed by atoms with van der Waals surface area (Å²) >= 11 is 0. The van der Waals surface area contributed by atoms with E-state index in [-0.39, 0.29) is 17.5 Å². The highest BCUT2D eigenvalue weighted by atomic mass is 16.7. The molecule has 1 N–H and O–H groups in total. The third kappa shape index (κ3) is 5.81. The summed E-state index contributed by atoms with van der Waals surface area (Å²) in [5, 5.41) is 13.6. The average molecular weight is 336 g/mol. The van der Waals surface area contributed by atoms with E-state index in [2.05, 4.69) is 5.32 Å². The van der Waals surface area contributed by atoms with E-state index in [9.17, 15) is 14.9 Å². The lowest BCUT2D eigenvalue weighted by molar-refractivity contribution is -0.384. The number of likely N-dealkylation sites (N-methyl/N-ethyl adjacent to an activating group) is 1. The highest BCUT2D eigenvalue weighted by Gasteiger charge is 2.22. The predicted molar refractivity (Wildman–Crippen MR) is 89.1 cm³/mol. The fraction of sp³-hybridized carbons (Fsp3) is 0.588. The number of nitro groups is 1. The molecule has 1 atom stereocenters. The summed E-state index contributed by atoms with van der Waals surface area (Å²) in [6, 6.07) is 5.34. The molecule has 1 aromatic carbocycles. The third-order valence-electron chi connectivity index (χ3n) is 4.26. The summed E-state index contributed by atoms with van der Waals surface area (Å²) in [5.74, 6) is 0.816. The summed E-state index contributed by atoms with van der Waals surface area (Å²) in [6.45, 7) is 0.575. The Balaban J connectivity index is 1.85. The number of ether oxygens (including phenoxy) is 2. The number of nitrogens with one attached hydrogen (secondary N) is 1. The zero-order valence-electron chi connectivity index (χ0n) is 13.9. The number of benzene rings is 1. The zero-order chi connectivity index (χ0) is 17.4. The molecule has 7 heteroatoms. The molecule has 2 rings (SSSR count). The van der Waals surface area contributed by atoms with Gasteiger partial charge >= 0.3 is 6.16 Å². The number of rotatable bonds is 7. The molecular formula is C17H24N2O5. The van der Waals surface area contributed by atoms with E-state index in [0.29, 0.717) is 12.5 Å². The van der Waals surface area contributed by atoms with Crippen molar-refractivity contribution >= 4 is 11.8 Å². The van der Waals surface area contributed by atoms with Gasteiger partial charge in [0.05, 0.1) is 4.92 Å². The first-order chi connectivity index (χ1) is 11.6. The lowest BCUT2D eigenvalue weighted by Gasteiger charge is -2.26. The Bertz CT molecular complexity index is 540. The summed E-state index contributed by atoms with van der Waals surface area (Å²) in [4.78, 5) is 22.1. The van der Waals surface area contributed by atoms with Gasteiger partial charge in [0.15, 0.2) is 0 Å². The normalized spacial score (nSPS) is 16.4. The quantitative estimate of drug-likeness (QED) is 0.353. The highest BCUT2D eigenvalue weighted by Crippen LogP contribution is 2.28. The maximum atomic E-state index is 12.0. The van der Waals surface area contributed by atoms with Gasteiger partial charge in [-0.05, 0) is 31.5 Å². The number of carbonyl (C=O) groups excluding carboxylic acids is 1. The Morgan fingerprint density at radius 2 is 1.96 bits per heavy atom. The molecule has 1 aliphatic carbocycles. The summed E-state index contributed by atoms with van der Waals surface area (Å²) < 4.78 is 10.5. The van der Waals surface area contributed by atoms with Crippen molar-refractivity contribution in [3.63, 3.8) is 0 Å². The summed E-state index contributed by atoms with van der Waals surface area (Å²) in [5.41, 5.74) is -0.0546. The molecule has 0 amide bonds. The number of carbonyl (C=O) groups is 1. The van der Waals surface area contributed by atoms with Crippen LogP contribution < -0.4 is 10.1 Å². The van der Waals surface area contributed by atoms with Gasteiger partial charge in [-0.1, -0.05) is 32.1 Å². The Morgan fingerprint density at radius 3 is 2.54 bits per heavy atom. The second kappa shape index (κ2) is 9.22. The fourth-order valence-corrected chi connectivity index (χ4v) is 3.09. The Hall–Kier alpha value is -2.15. The van der Waals surface area contributed by atoms with Gasteiger partial charge < -0.3 is 14.8 Å². The third-order valence-corrected chi connectivity index (χ3v) is 4.26. The molecule has 1 aliphatic rings. The summed E-state index contributed by atoms with van der Waals surface area (Å²) in [7, 11) is 1.82. The molecule has 1 fully saturated rings. The number of hydrogen-bond acceptors (Lipinski definition) is 6. The Labute approximate surface area is 141 Å². The maximum absolute atomic E-state index is 12.0. The topological polar surface area (TPSA) is 90.7 Å². The van der Waals surface area contributed by atoms with E-state index in [1.54, 1.807) is 0 Å². The van der Waals surface area contributed by atoms with Crippen LogP contribution in [0.5, 0.6) is 5.75 Å². The van der Waals surface area contributed by atoms with E-state index in [1.165, 1.54) is 56.4 Å². The molecule has 1 unspecified atom stereocenters. The van der Waals surface area contributed by atoms with Crippen LogP contribution >= 0.6 is 0 Å². The Morgan fingerprint density at radius 1 is 1.29 bits per heavy atom. The molecule has 0 aliphatic heterocycles. The van der Waals surface area contributed by atoms with Gasteiger partial charge in [0, 0.05) is 18.7 Å². The first kappa shape index (κ1) is 18.2. The number of nitrogens with zero attached hydrogens (tertiary/aromatic N) is 1. The second-order valence-corrected chi connectivity index (χ2v) is 6.14. The van der Waals surface area contributed by atoms with Crippen molar-refractivity contribution in [3.8, 4) is 5.75 Å². The largest absolute Gasteiger partial charge is 0.514 e. The van der Waals surface area contributed by atoms with Crippen molar-refractivity contribution in [1.82, 2.24) is 5.32 Å². The lowest BCUT2D eigenvalue weighted by atomic mass is 9.85. The standard InChI is InChI=1S/C17H24N2O5/c1-18-12-16(11-13-5-3-2-4-6-13)24-17(20)23-15-9-7-14(8-10-15)19(21)22/h7-10,13,16,18H,2-6,11-12H2,1H3. The van der Waals surface area contributed by atoms with Gasteiger partial charge in [0.1, 0.15) is 11.9 Å². The van der Waals surface area contributed by atoms with Crippen LogP contribution in [0.15, 0.2) is 24.3 Å². The van der Waals surface area contributed by atoms with Crippen LogP contribution in [0.1, 0.15) is 38.5 Å². The second-order valence-electron chi connectivity index (χ2n) is 6.14. The molecule has 132 valence electrons. The van der Waals surface area contributed by atoms with Crippen LogP contribution in [0.2, 0.25) is 0 Å². The van der Waals surface area contributed by atoms with E-state index in [4.69, 9.17) is 9.47 Å². The molecule has 1 saturated carbocycles. The molecule has 0 spiro atoms. The minimum absolute atomic E-state index is 0.0546. The predicted octanol–water partition coefficient (Wildman–Crippen LogP) is 3.67.